The molecule has 0 bridgehead atoms. The summed E-state index contributed by atoms with van der Waals surface area (Å²) in [4.78, 5) is 9.95. The van der Waals surface area contributed by atoms with Crippen molar-refractivity contribution in [2.24, 2.45) is 5.73 Å². The normalized spacial score (nSPS) is 10.6. The first-order valence-electron chi connectivity index (χ1n) is 5.88. The Kier molecular flexibility index (Phi) is 3.91. The van der Waals surface area contributed by atoms with E-state index in [0.717, 1.165) is 18.1 Å². The Bertz CT molecular complexity index is 595. The van der Waals surface area contributed by atoms with E-state index < -0.39 is 16.4 Å². The first-order chi connectivity index (χ1) is 9.11. The quantitative estimate of drug-likeness (QED) is 0.663. The number of nitro groups is 1. The van der Waals surface area contributed by atoms with Crippen LogP contribution in [0.4, 0.5) is 10.1 Å². The van der Waals surface area contributed by atoms with Gasteiger partial charge < -0.3 is 10.3 Å². The van der Waals surface area contributed by atoms with E-state index in [2.05, 4.69) is 0 Å². The van der Waals surface area contributed by atoms with Crippen molar-refractivity contribution in [2.45, 2.75) is 13.0 Å². The summed E-state index contributed by atoms with van der Waals surface area (Å²) >= 11 is 0. The van der Waals surface area contributed by atoms with Gasteiger partial charge in [-0.2, -0.15) is 4.39 Å². The number of benzene rings is 1. The summed E-state index contributed by atoms with van der Waals surface area (Å²) in [5.74, 6) is -0.776. The molecule has 0 spiro atoms. The van der Waals surface area contributed by atoms with Gasteiger partial charge in [0.05, 0.1) is 11.5 Å². The molecule has 1 heterocycles. The van der Waals surface area contributed by atoms with Crippen LogP contribution in [0.2, 0.25) is 0 Å². The van der Waals surface area contributed by atoms with Gasteiger partial charge in [0.1, 0.15) is 0 Å². The summed E-state index contributed by atoms with van der Waals surface area (Å²) in [7, 11) is 0. The molecular formula is C13H14FN3O2. The number of rotatable bonds is 5. The molecule has 1 aromatic heterocycles. The summed E-state index contributed by atoms with van der Waals surface area (Å²) in [5.41, 5.74) is 6.32. The molecule has 0 aliphatic heterocycles. The molecule has 0 unspecified atom stereocenters. The van der Waals surface area contributed by atoms with Crippen LogP contribution in [-0.2, 0) is 13.0 Å². The van der Waals surface area contributed by atoms with Crippen LogP contribution >= 0.6 is 0 Å². The van der Waals surface area contributed by atoms with Gasteiger partial charge in [0, 0.05) is 24.0 Å². The van der Waals surface area contributed by atoms with Crippen molar-refractivity contribution in [1.82, 2.24) is 4.57 Å². The predicted molar refractivity (Wildman–Crippen MR) is 69.3 cm³/mol. The minimum Gasteiger partial charge on any atom is -0.350 e. The van der Waals surface area contributed by atoms with Crippen LogP contribution < -0.4 is 5.73 Å². The lowest BCUT2D eigenvalue weighted by Crippen LogP contribution is -2.03. The average molecular weight is 263 g/mol. The number of hydrogen-bond acceptors (Lipinski definition) is 3. The topological polar surface area (TPSA) is 74.1 Å². The van der Waals surface area contributed by atoms with Gasteiger partial charge in [0.25, 0.3) is 0 Å². The van der Waals surface area contributed by atoms with Gasteiger partial charge in [-0.05, 0) is 24.6 Å². The Morgan fingerprint density at radius 2 is 2.16 bits per heavy atom. The molecule has 0 saturated heterocycles. The minimum atomic E-state index is -0.776. The van der Waals surface area contributed by atoms with Gasteiger partial charge in [0.15, 0.2) is 0 Å². The molecule has 19 heavy (non-hydrogen) atoms. The zero-order valence-electron chi connectivity index (χ0n) is 10.3. The van der Waals surface area contributed by atoms with Crippen molar-refractivity contribution < 1.29 is 9.31 Å². The average Bonchev–Trinajstić information content (AvgIpc) is 2.79. The summed E-state index contributed by atoms with van der Waals surface area (Å²) in [6.07, 6.45) is 4.43. The fraction of sp³-hybridized carbons (Fsp3) is 0.231. The molecule has 2 N–H and O–H groups in total. The van der Waals surface area contributed by atoms with Crippen LogP contribution in [0.5, 0.6) is 0 Å². The minimum absolute atomic E-state index is 0.262. The van der Waals surface area contributed by atoms with Gasteiger partial charge in [-0.15, -0.1) is 0 Å². The number of aromatic nitrogens is 1. The molecule has 100 valence electrons. The lowest BCUT2D eigenvalue weighted by Gasteiger charge is -2.05. The van der Waals surface area contributed by atoms with E-state index in [0.29, 0.717) is 12.1 Å². The lowest BCUT2D eigenvalue weighted by molar-refractivity contribution is -0.387. The molecule has 0 aliphatic rings. The Morgan fingerprint density at radius 3 is 2.84 bits per heavy atom. The Balaban J connectivity index is 2.23. The molecular weight excluding hydrogens is 249 g/mol. The number of nitrogens with zero attached hydrogens (tertiary/aromatic N) is 2. The first kappa shape index (κ1) is 13.2. The third-order valence-electron chi connectivity index (χ3n) is 2.85. The molecule has 6 heteroatoms. The highest BCUT2D eigenvalue weighted by Gasteiger charge is 2.17. The van der Waals surface area contributed by atoms with E-state index in [-0.39, 0.29) is 6.54 Å². The van der Waals surface area contributed by atoms with Crippen LogP contribution in [-0.4, -0.2) is 16.0 Å². The smallest absolute Gasteiger partial charge is 0.305 e. The summed E-state index contributed by atoms with van der Waals surface area (Å²) in [6, 6.07) is 6.10. The van der Waals surface area contributed by atoms with Crippen LogP contribution in [0.1, 0.15) is 11.1 Å². The van der Waals surface area contributed by atoms with Gasteiger partial charge in [-0.25, -0.2) is 0 Å². The maximum absolute atomic E-state index is 13.9. The second-order valence-corrected chi connectivity index (χ2v) is 4.24. The fourth-order valence-electron chi connectivity index (χ4n) is 1.93. The third-order valence-corrected chi connectivity index (χ3v) is 2.85. The van der Waals surface area contributed by atoms with Crippen molar-refractivity contribution in [1.29, 1.82) is 0 Å². The summed E-state index contributed by atoms with van der Waals surface area (Å²) < 4.78 is 15.7. The highest BCUT2D eigenvalue weighted by molar-refractivity contribution is 5.37. The van der Waals surface area contributed by atoms with Crippen LogP contribution in [0.25, 0.3) is 0 Å². The largest absolute Gasteiger partial charge is 0.350 e. The SMILES string of the molecule is NCCc1ccn(Cc2cccc([N+](=O)[O-])c2F)c1. The van der Waals surface area contributed by atoms with Gasteiger partial charge >= 0.3 is 5.69 Å². The highest BCUT2D eigenvalue weighted by Crippen LogP contribution is 2.21. The molecule has 2 rings (SSSR count). The van der Waals surface area contributed by atoms with E-state index in [4.69, 9.17) is 5.73 Å². The standard InChI is InChI=1S/C13H14FN3O2/c14-13-11(2-1-3-12(13)17(18)19)9-16-7-5-10(8-16)4-6-15/h1-3,5,7-8H,4,6,9,15H2. The number of nitro benzene ring substituents is 1. The van der Waals surface area contributed by atoms with Crippen LogP contribution in [0, 0.1) is 15.9 Å². The van der Waals surface area contributed by atoms with E-state index in [1.165, 1.54) is 6.07 Å². The lowest BCUT2D eigenvalue weighted by atomic mass is 10.2. The Hall–Kier alpha value is -2.21. The van der Waals surface area contributed by atoms with Crippen molar-refractivity contribution in [3.05, 3.63) is 63.7 Å². The van der Waals surface area contributed by atoms with E-state index >= 15 is 0 Å². The zero-order valence-corrected chi connectivity index (χ0v) is 10.3. The molecule has 0 amide bonds. The maximum Gasteiger partial charge on any atom is 0.305 e. The monoisotopic (exact) mass is 263 g/mol. The van der Waals surface area contributed by atoms with Crippen LogP contribution in [0.3, 0.4) is 0 Å². The molecule has 2 aromatic rings. The van der Waals surface area contributed by atoms with Gasteiger partial charge in [-0.1, -0.05) is 12.1 Å². The summed E-state index contributed by atoms with van der Waals surface area (Å²) in [5, 5.41) is 10.7. The second kappa shape index (κ2) is 5.62. The fourth-order valence-corrected chi connectivity index (χ4v) is 1.93. The Labute approximate surface area is 109 Å². The van der Waals surface area contributed by atoms with E-state index in [9.17, 15) is 14.5 Å². The van der Waals surface area contributed by atoms with Crippen molar-refractivity contribution in [2.75, 3.05) is 6.54 Å². The first-order valence-corrected chi connectivity index (χ1v) is 5.88. The number of hydrogen-bond donors (Lipinski definition) is 1. The zero-order chi connectivity index (χ0) is 13.8. The Morgan fingerprint density at radius 1 is 1.37 bits per heavy atom. The maximum atomic E-state index is 13.9. The third kappa shape index (κ3) is 2.97. The predicted octanol–water partition coefficient (Wildman–Crippen LogP) is 2.08. The van der Waals surface area contributed by atoms with E-state index in [1.807, 2.05) is 18.5 Å². The van der Waals surface area contributed by atoms with Gasteiger partial charge in [0.2, 0.25) is 5.82 Å². The van der Waals surface area contributed by atoms with Gasteiger partial charge in [-0.3, -0.25) is 10.1 Å². The molecule has 0 atom stereocenters. The molecule has 0 radical (unpaired) electrons. The van der Waals surface area contributed by atoms with E-state index in [1.54, 1.807) is 10.6 Å². The molecule has 5 nitrogen and oxygen atoms in total. The number of halogens is 1. The van der Waals surface area contributed by atoms with Crippen molar-refractivity contribution in [3.63, 3.8) is 0 Å². The molecule has 1 aromatic carbocycles. The highest BCUT2D eigenvalue weighted by atomic mass is 19.1. The molecule has 0 aliphatic carbocycles. The van der Waals surface area contributed by atoms with Crippen LogP contribution in [0.15, 0.2) is 36.7 Å². The van der Waals surface area contributed by atoms with Crippen molar-refractivity contribution in [3.8, 4) is 0 Å². The molecule has 0 saturated carbocycles. The van der Waals surface area contributed by atoms with Crippen molar-refractivity contribution >= 4 is 5.69 Å². The number of nitrogens with two attached hydrogens (primary N) is 1. The molecule has 0 fully saturated rings. The second-order valence-electron chi connectivity index (χ2n) is 4.24. The summed E-state index contributed by atoms with van der Waals surface area (Å²) in [6.45, 7) is 0.813.